The Morgan fingerprint density at radius 1 is 1.04 bits per heavy atom. The molecular weight excluding hydrogens is 328 g/mol. The summed E-state index contributed by atoms with van der Waals surface area (Å²) in [6.07, 6.45) is 0. The summed E-state index contributed by atoms with van der Waals surface area (Å²) in [5.74, 6) is -0.0335. The van der Waals surface area contributed by atoms with E-state index in [9.17, 15) is 9.59 Å². The highest BCUT2D eigenvalue weighted by Crippen LogP contribution is 2.28. The molecule has 0 aliphatic carbocycles. The largest absolute Gasteiger partial charge is 0.339 e. The van der Waals surface area contributed by atoms with Crippen LogP contribution >= 0.6 is 0 Å². The third-order valence-corrected chi connectivity index (χ3v) is 5.23. The molecule has 0 N–H and O–H groups in total. The molecule has 1 aliphatic rings. The zero-order valence-corrected chi connectivity index (χ0v) is 15.5. The van der Waals surface area contributed by atoms with Crippen LogP contribution in [0.15, 0.2) is 29.1 Å². The molecule has 6 heteroatoms. The molecule has 0 fully saturated rings. The van der Waals surface area contributed by atoms with Gasteiger partial charge in [-0.05, 0) is 31.9 Å². The molecule has 1 aliphatic heterocycles. The molecule has 26 heavy (non-hydrogen) atoms. The number of aryl methyl sites for hydroxylation is 3. The maximum absolute atomic E-state index is 13.1. The van der Waals surface area contributed by atoms with E-state index in [0.29, 0.717) is 30.7 Å². The van der Waals surface area contributed by atoms with E-state index in [0.717, 1.165) is 22.3 Å². The van der Waals surface area contributed by atoms with Crippen molar-refractivity contribution in [3.8, 4) is 0 Å². The Kier molecular flexibility index (Phi) is 3.72. The Balaban J connectivity index is 1.92. The summed E-state index contributed by atoms with van der Waals surface area (Å²) in [5, 5.41) is 5.16. The van der Waals surface area contributed by atoms with Crippen LogP contribution in [0, 0.1) is 20.8 Å². The number of aromatic nitrogens is 3. The standard InChI is InChI=1S/C20H22N4O2/c1-12-5-7-15(8-6-12)11-24-19(25)16-13(2)17-20(26)22(4)9-10-23(17)18(16)14(3)21-24/h5-8H,9-11H2,1-4H3. The molecule has 3 aromatic rings. The van der Waals surface area contributed by atoms with Crippen molar-refractivity contribution in [3.05, 3.63) is 62.7 Å². The topological polar surface area (TPSA) is 60.1 Å². The number of nitrogens with zero attached hydrogens (tertiary/aromatic N) is 4. The van der Waals surface area contributed by atoms with Gasteiger partial charge in [0.1, 0.15) is 5.69 Å². The van der Waals surface area contributed by atoms with Crippen LogP contribution < -0.4 is 5.56 Å². The number of amides is 1. The van der Waals surface area contributed by atoms with Gasteiger partial charge < -0.3 is 9.47 Å². The fraction of sp³-hybridized carbons (Fsp3) is 0.350. The number of hydrogen-bond donors (Lipinski definition) is 0. The van der Waals surface area contributed by atoms with E-state index in [-0.39, 0.29) is 11.5 Å². The SMILES string of the molecule is Cc1ccc(Cn2nc(C)c3c(c(C)c4n3CCN(C)C4=O)c2=O)cc1. The fourth-order valence-electron chi connectivity index (χ4n) is 3.79. The first kappa shape index (κ1) is 16.6. The number of carbonyl (C=O) groups excluding carboxylic acids is 1. The van der Waals surface area contributed by atoms with Gasteiger partial charge in [-0.15, -0.1) is 0 Å². The van der Waals surface area contributed by atoms with Gasteiger partial charge in [0.15, 0.2) is 0 Å². The molecule has 0 saturated carbocycles. The second kappa shape index (κ2) is 5.83. The van der Waals surface area contributed by atoms with Crippen LogP contribution in [0.5, 0.6) is 0 Å². The Bertz CT molecular complexity index is 1090. The van der Waals surface area contributed by atoms with Crippen molar-refractivity contribution in [3.63, 3.8) is 0 Å². The molecule has 3 heterocycles. The van der Waals surface area contributed by atoms with Gasteiger partial charge in [-0.25, -0.2) is 4.68 Å². The molecule has 134 valence electrons. The molecule has 0 atom stereocenters. The van der Waals surface area contributed by atoms with Gasteiger partial charge in [0, 0.05) is 20.1 Å². The second-order valence-corrected chi connectivity index (χ2v) is 7.11. The van der Waals surface area contributed by atoms with E-state index in [1.165, 1.54) is 10.2 Å². The summed E-state index contributed by atoms with van der Waals surface area (Å²) in [6.45, 7) is 7.55. The van der Waals surface area contributed by atoms with E-state index >= 15 is 0 Å². The summed E-state index contributed by atoms with van der Waals surface area (Å²) < 4.78 is 3.47. The van der Waals surface area contributed by atoms with Crippen molar-refractivity contribution >= 4 is 16.8 Å². The lowest BCUT2D eigenvalue weighted by molar-refractivity contribution is 0.0750. The predicted molar refractivity (Wildman–Crippen MR) is 101 cm³/mol. The quantitative estimate of drug-likeness (QED) is 0.712. The highest BCUT2D eigenvalue weighted by molar-refractivity contribution is 6.02. The van der Waals surface area contributed by atoms with Crippen molar-refractivity contribution < 1.29 is 4.79 Å². The van der Waals surface area contributed by atoms with Crippen LogP contribution in [0.4, 0.5) is 0 Å². The molecule has 1 aromatic carbocycles. The molecule has 1 amide bonds. The molecule has 0 spiro atoms. The molecule has 6 nitrogen and oxygen atoms in total. The third kappa shape index (κ3) is 2.36. The van der Waals surface area contributed by atoms with Crippen molar-refractivity contribution in [2.45, 2.75) is 33.9 Å². The number of fused-ring (bicyclic) bond motifs is 3. The average molecular weight is 350 g/mol. The summed E-state index contributed by atoms with van der Waals surface area (Å²) in [7, 11) is 1.80. The molecule has 0 saturated heterocycles. The van der Waals surface area contributed by atoms with Crippen molar-refractivity contribution in [1.82, 2.24) is 19.2 Å². The summed E-state index contributed by atoms with van der Waals surface area (Å²) >= 11 is 0. The van der Waals surface area contributed by atoms with Gasteiger partial charge >= 0.3 is 0 Å². The number of carbonyl (C=O) groups is 1. The van der Waals surface area contributed by atoms with E-state index in [2.05, 4.69) is 5.10 Å². The van der Waals surface area contributed by atoms with Gasteiger partial charge in [0.05, 0.1) is 23.1 Å². The van der Waals surface area contributed by atoms with Crippen molar-refractivity contribution in [2.75, 3.05) is 13.6 Å². The van der Waals surface area contributed by atoms with Crippen LogP contribution in [0.25, 0.3) is 10.9 Å². The number of hydrogen-bond acceptors (Lipinski definition) is 3. The Morgan fingerprint density at radius 3 is 2.42 bits per heavy atom. The molecule has 2 aromatic heterocycles. The lowest BCUT2D eigenvalue weighted by Gasteiger charge is -2.25. The monoisotopic (exact) mass is 350 g/mol. The van der Waals surface area contributed by atoms with Gasteiger partial charge in [0.2, 0.25) is 0 Å². The van der Waals surface area contributed by atoms with Crippen molar-refractivity contribution in [1.29, 1.82) is 0 Å². The summed E-state index contributed by atoms with van der Waals surface area (Å²) in [5.41, 5.74) is 5.01. The zero-order valence-electron chi connectivity index (χ0n) is 15.5. The normalized spacial score (nSPS) is 14.2. The number of benzene rings is 1. The fourth-order valence-corrected chi connectivity index (χ4v) is 3.79. The minimum absolute atomic E-state index is 0.0335. The lowest BCUT2D eigenvalue weighted by atomic mass is 10.1. The predicted octanol–water partition coefficient (Wildman–Crippen LogP) is 2.26. The number of likely N-dealkylation sites (N-methyl/N-ethyl adjacent to an activating group) is 1. The second-order valence-electron chi connectivity index (χ2n) is 7.11. The van der Waals surface area contributed by atoms with Crippen molar-refractivity contribution in [2.24, 2.45) is 0 Å². The zero-order chi connectivity index (χ0) is 18.6. The van der Waals surface area contributed by atoms with Crippen LogP contribution in [-0.4, -0.2) is 38.7 Å². The first-order valence-electron chi connectivity index (χ1n) is 8.80. The maximum Gasteiger partial charge on any atom is 0.276 e. The maximum atomic E-state index is 13.1. The minimum atomic E-state index is -0.138. The van der Waals surface area contributed by atoms with Crippen LogP contribution in [0.3, 0.4) is 0 Å². The first-order chi connectivity index (χ1) is 12.4. The summed E-state index contributed by atoms with van der Waals surface area (Å²) in [6, 6.07) is 8.09. The van der Waals surface area contributed by atoms with Crippen LogP contribution in [-0.2, 0) is 13.1 Å². The highest BCUT2D eigenvalue weighted by atomic mass is 16.2. The Labute approximate surface area is 151 Å². The molecule has 0 unspecified atom stereocenters. The Hall–Kier alpha value is -2.89. The smallest absolute Gasteiger partial charge is 0.276 e. The van der Waals surface area contributed by atoms with E-state index in [1.807, 2.05) is 49.6 Å². The van der Waals surface area contributed by atoms with E-state index in [1.54, 1.807) is 11.9 Å². The first-order valence-corrected chi connectivity index (χ1v) is 8.80. The highest BCUT2D eigenvalue weighted by Gasteiger charge is 2.29. The Morgan fingerprint density at radius 2 is 1.73 bits per heavy atom. The molecule has 0 radical (unpaired) electrons. The van der Waals surface area contributed by atoms with E-state index in [4.69, 9.17) is 0 Å². The average Bonchev–Trinajstić information content (AvgIpc) is 2.92. The van der Waals surface area contributed by atoms with Gasteiger partial charge in [-0.2, -0.15) is 5.10 Å². The molecular formula is C20H22N4O2. The minimum Gasteiger partial charge on any atom is -0.339 e. The summed E-state index contributed by atoms with van der Waals surface area (Å²) in [4.78, 5) is 27.5. The van der Waals surface area contributed by atoms with Crippen LogP contribution in [0.1, 0.15) is 32.9 Å². The van der Waals surface area contributed by atoms with E-state index < -0.39 is 0 Å². The molecule has 4 rings (SSSR count). The van der Waals surface area contributed by atoms with Crippen LogP contribution in [0.2, 0.25) is 0 Å². The third-order valence-electron chi connectivity index (χ3n) is 5.23. The number of rotatable bonds is 2. The lowest BCUT2D eigenvalue weighted by Crippen LogP contribution is -2.37. The van der Waals surface area contributed by atoms with Gasteiger partial charge in [0.25, 0.3) is 11.5 Å². The molecule has 0 bridgehead atoms. The van der Waals surface area contributed by atoms with Gasteiger partial charge in [-0.1, -0.05) is 29.8 Å². The van der Waals surface area contributed by atoms with Gasteiger partial charge in [-0.3, -0.25) is 9.59 Å².